The summed E-state index contributed by atoms with van der Waals surface area (Å²) in [4.78, 5) is 12.5. The second-order valence-corrected chi connectivity index (χ2v) is 13.4. The first-order valence-corrected chi connectivity index (χ1v) is 16.7. The molecular formula is C28H46N2O18S. The predicted octanol–water partition coefficient (Wildman–Crippen LogP) is -6.29. The van der Waals surface area contributed by atoms with Crippen LogP contribution in [0.5, 0.6) is 0 Å². The Bertz CT molecular complexity index is 1120. The molecule has 1 amide bonds. The molecule has 20 atom stereocenters. The minimum Gasteiger partial charge on any atom is -0.394 e. The highest BCUT2D eigenvalue weighted by Crippen LogP contribution is 2.37. The van der Waals surface area contributed by atoms with Gasteiger partial charge < -0.3 is 89.5 Å². The van der Waals surface area contributed by atoms with Crippen LogP contribution >= 0.6 is 11.8 Å². The van der Waals surface area contributed by atoms with Crippen LogP contribution in [0.15, 0.2) is 0 Å². The van der Waals surface area contributed by atoms with Gasteiger partial charge in [0.2, 0.25) is 5.91 Å². The van der Waals surface area contributed by atoms with Crippen molar-refractivity contribution >= 4 is 17.7 Å². The molecule has 282 valence electrons. The summed E-state index contributed by atoms with van der Waals surface area (Å²) in [5.41, 5.74) is -1.11. The maximum absolute atomic E-state index is 12.5. The first-order valence-electron chi connectivity index (χ1n) is 15.6. The van der Waals surface area contributed by atoms with Crippen LogP contribution in [0, 0.1) is 11.3 Å². The lowest BCUT2D eigenvalue weighted by atomic mass is 9.95. The Balaban J connectivity index is 1.74. The molecule has 0 aromatic heterocycles. The van der Waals surface area contributed by atoms with Gasteiger partial charge in [-0.1, -0.05) is 0 Å². The van der Waals surface area contributed by atoms with Crippen molar-refractivity contribution in [2.75, 3.05) is 19.0 Å². The molecule has 0 radical (unpaired) electrons. The van der Waals surface area contributed by atoms with Gasteiger partial charge in [0.25, 0.3) is 0 Å². The largest absolute Gasteiger partial charge is 0.394 e. The van der Waals surface area contributed by atoms with Crippen molar-refractivity contribution in [1.29, 1.82) is 5.26 Å². The number of aliphatic hydroxyl groups is 10. The Morgan fingerprint density at radius 1 is 0.673 bits per heavy atom. The van der Waals surface area contributed by atoms with Crippen molar-refractivity contribution in [3.8, 4) is 6.07 Å². The quantitative estimate of drug-likeness (QED) is 0.0942. The number of rotatable bonds is 11. The number of carbonyl (C=O) groups excluding carboxylic acids is 1. The van der Waals surface area contributed by atoms with Crippen LogP contribution < -0.4 is 5.32 Å². The minimum absolute atomic E-state index is 0.157. The van der Waals surface area contributed by atoms with Crippen molar-refractivity contribution in [2.45, 2.75) is 143 Å². The molecule has 49 heavy (non-hydrogen) atoms. The van der Waals surface area contributed by atoms with Gasteiger partial charge in [-0.15, -0.1) is 11.8 Å². The Kier molecular flexibility index (Phi) is 14.4. The molecule has 11 N–H and O–H groups in total. The lowest BCUT2D eigenvalue weighted by Gasteiger charge is -2.51. The highest BCUT2D eigenvalue weighted by Gasteiger charge is 2.56. The first-order chi connectivity index (χ1) is 23.1. The monoisotopic (exact) mass is 730 g/mol. The number of nitrogens with zero attached hydrogens (tertiary/aromatic N) is 1. The van der Waals surface area contributed by atoms with Crippen LogP contribution in [0.2, 0.25) is 0 Å². The topological polar surface area (TPSA) is 320 Å². The van der Waals surface area contributed by atoms with E-state index < -0.39 is 141 Å². The van der Waals surface area contributed by atoms with E-state index in [1.165, 1.54) is 13.8 Å². The van der Waals surface area contributed by atoms with Gasteiger partial charge >= 0.3 is 0 Å². The number of hydrogen-bond donors (Lipinski definition) is 11. The van der Waals surface area contributed by atoms with Crippen molar-refractivity contribution in [3.63, 3.8) is 0 Å². The summed E-state index contributed by atoms with van der Waals surface area (Å²) >= 11 is 0.914. The van der Waals surface area contributed by atoms with Crippen molar-refractivity contribution < 1.29 is 89.0 Å². The molecule has 20 nitrogen and oxygen atoms in total. The van der Waals surface area contributed by atoms with Gasteiger partial charge in [0, 0.05) is 6.92 Å². The number of hydrogen-bond acceptors (Lipinski definition) is 20. The fourth-order valence-electron chi connectivity index (χ4n) is 6.05. The standard InChI is InChI=1S/C28H46N2O18S/c1-8-14(34)17(37)20(40)25(42-8)46-22-12(7-32)45-28(49-5-4-29)13(30-10(3)33)23(22)47-27-24(19(39)16(36)11(6-31)44-27)48-26-21(41)18(38)15(35)9(2)43-26/h8-9,11-28,31-32,34-41H,5-7H2,1-3H3,(H,30,33)/t8-,9-,11+,12+,13+,14+,15+,16-,17+,18+,19-,20-,21-,22+,23+,24+,25-,26-,27-,28-/m0/s1. The zero-order valence-corrected chi connectivity index (χ0v) is 27.6. The van der Waals surface area contributed by atoms with E-state index in [-0.39, 0.29) is 5.75 Å². The van der Waals surface area contributed by atoms with E-state index in [0.29, 0.717) is 0 Å². The fraction of sp³-hybridized carbons (Fsp3) is 0.929. The third-order valence-electron chi connectivity index (χ3n) is 8.82. The molecule has 4 heterocycles. The van der Waals surface area contributed by atoms with Gasteiger partial charge in [0.1, 0.15) is 84.8 Å². The summed E-state index contributed by atoms with van der Waals surface area (Å²) in [6.45, 7) is 2.34. The number of aliphatic hydroxyl groups excluding tert-OH is 10. The average Bonchev–Trinajstić information content (AvgIpc) is 3.07. The van der Waals surface area contributed by atoms with Gasteiger partial charge in [-0.25, -0.2) is 0 Å². The Morgan fingerprint density at radius 3 is 1.67 bits per heavy atom. The Morgan fingerprint density at radius 2 is 1.18 bits per heavy atom. The highest BCUT2D eigenvalue weighted by atomic mass is 32.2. The van der Waals surface area contributed by atoms with Gasteiger partial charge in [-0.3, -0.25) is 4.79 Å². The molecule has 0 bridgehead atoms. The predicted molar refractivity (Wildman–Crippen MR) is 159 cm³/mol. The summed E-state index contributed by atoms with van der Waals surface area (Å²) in [7, 11) is 0. The van der Waals surface area contributed by atoms with Gasteiger partial charge in [0.05, 0.1) is 43.3 Å². The van der Waals surface area contributed by atoms with Crippen LogP contribution in [0.1, 0.15) is 20.8 Å². The smallest absolute Gasteiger partial charge is 0.217 e. The van der Waals surface area contributed by atoms with Crippen molar-refractivity contribution in [3.05, 3.63) is 0 Å². The van der Waals surface area contributed by atoms with E-state index in [9.17, 15) is 61.1 Å². The zero-order valence-electron chi connectivity index (χ0n) is 26.8. The van der Waals surface area contributed by atoms with Gasteiger partial charge in [0.15, 0.2) is 18.9 Å². The average molecular weight is 731 g/mol. The molecular weight excluding hydrogens is 684 g/mol. The van der Waals surface area contributed by atoms with Crippen LogP contribution in [-0.4, -0.2) is 198 Å². The van der Waals surface area contributed by atoms with Crippen LogP contribution in [-0.2, 0) is 38.0 Å². The van der Waals surface area contributed by atoms with Crippen LogP contribution in [0.3, 0.4) is 0 Å². The van der Waals surface area contributed by atoms with E-state index >= 15 is 0 Å². The second-order valence-electron chi connectivity index (χ2n) is 12.3. The first kappa shape index (κ1) is 40.4. The second kappa shape index (κ2) is 17.4. The van der Waals surface area contributed by atoms with E-state index in [1.54, 1.807) is 0 Å². The number of ether oxygens (including phenoxy) is 7. The third-order valence-corrected chi connectivity index (χ3v) is 9.85. The normalized spacial score (nSPS) is 49.2. The number of thioether (sulfide) groups is 1. The third kappa shape index (κ3) is 8.82. The Hall–Kier alpha value is -1.37. The summed E-state index contributed by atoms with van der Waals surface area (Å²) in [6.07, 6.45) is -28.9. The van der Waals surface area contributed by atoms with E-state index in [1.807, 2.05) is 6.07 Å². The Labute approximate surface area is 285 Å². The molecule has 0 unspecified atom stereocenters. The van der Waals surface area contributed by atoms with Crippen LogP contribution in [0.25, 0.3) is 0 Å². The van der Waals surface area contributed by atoms with E-state index in [0.717, 1.165) is 18.7 Å². The van der Waals surface area contributed by atoms with Crippen LogP contribution in [0.4, 0.5) is 0 Å². The molecule has 4 fully saturated rings. The molecule has 21 heteroatoms. The number of nitriles is 1. The highest BCUT2D eigenvalue weighted by molar-refractivity contribution is 8.00. The molecule has 0 saturated carbocycles. The lowest BCUT2D eigenvalue weighted by Crippen LogP contribution is -2.69. The summed E-state index contributed by atoms with van der Waals surface area (Å²) in [6, 6.07) is 0.670. The zero-order chi connectivity index (χ0) is 36.3. The molecule has 0 aliphatic carbocycles. The molecule has 0 aromatic rings. The van der Waals surface area contributed by atoms with Gasteiger partial charge in [-0.2, -0.15) is 5.26 Å². The minimum atomic E-state index is -1.91. The summed E-state index contributed by atoms with van der Waals surface area (Å²) < 4.78 is 41.0. The number of amides is 1. The SMILES string of the molecule is CC(=O)N[C@@H]1[C@@H](O[C@@H]2O[C@H](CO)[C@H](O)[C@H](O)[C@H]2O[C@@H]2O[C@@H](C)[C@@H](O)[C@@H](O)[C@@H]2O)[C@H](O[C@@H]2O[C@@H](C)[C@@H](O)[C@@H](O)[C@@H]2O)[C@@H](CO)O[C@H]1SCC#N. The molecule has 4 rings (SSSR count). The maximum Gasteiger partial charge on any atom is 0.217 e. The van der Waals surface area contributed by atoms with E-state index in [4.69, 9.17) is 33.2 Å². The molecule has 4 aliphatic rings. The molecule has 0 aromatic carbocycles. The fourth-order valence-corrected chi connectivity index (χ4v) is 6.94. The number of carbonyl (C=O) groups is 1. The lowest BCUT2D eigenvalue weighted by molar-refractivity contribution is -0.383. The van der Waals surface area contributed by atoms with E-state index in [2.05, 4.69) is 5.32 Å². The molecule has 0 spiro atoms. The number of nitrogens with one attached hydrogen (secondary N) is 1. The van der Waals surface area contributed by atoms with Crippen molar-refractivity contribution in [2.24, 2.45) is 0 Å². The maximum atomic E-state index is 12.5. The summed E-state index contributed by atoms with van der Waals surface area (Å²) in [5.74, 6) is -0.774. The molecule has 4 saturated heterocycles. The van der Waals surface area contributed by atoms with Gasteiger partial charge in [-0.05, 0) is 13.8 Å². The summed E-state index contributed by atoms with van der Waals surface area (Å²) in [5, 5.41) is 116. The molecule has 4 aliphatic heterocycles. The van der Waals surface area contributed by atoms with Crippen molar-refractivity contribution in [1.82, 2.24) is 5.32 Å².